The number of ether oxygens (including phenoxy) is 1. The van der Waals surface area contributed by atoms with Crippen molar-refractivity contribution >= 4 is 94.7 Å². The fourth-order valence-corrected chi connectivity index (χ4v) is 6.17. The first-order valence-corrected chi connectivity index (χ1v) is 14.8. The van der Waals surface area contributed by atoms with Gasteiger partial charge in [-0.15, -0.1) is 0 Å². The Kier molecular flexibility index (Phi) is 7.94. The second-order valence-electron chi connectivity index (χ2n) is 8.94. The molecule has 0 fully saturated rings. The molecule has 2 aromatic heterocycles. The molecule has 41 heavy (non-hydrogen) atoms. The summed E-state index contributed by atoms with van der Waals surface area (Å²) in [6.07, 6.45) is 1.48. The van der Waals surface area contributed by atoms with Gasteiger partial charge in [0.25, 0.3) is 5.56 Å². The summed E-state index contributed by atoms with van der Waals surface area (Å²) in [5, 5.41) is 6.82. The summed E-state index contributed by atoms with van der Waals surface area (Å²) < 4.78 is 15.0. The molecule has 6 rings (SSSR count). The van der Waals surface area contributed by atoms with Gasteiger partial charge in [-0.05, 0) is 66.2 Å². The highest BCUT2D eigenvalue weighted by atomic mass is 79.9. The van der Waals surface area contributed by atoms with Crippen LogP contribution >= 0.6 is 66.7 Å². The number of halogens is 5. The van der Waals surface area contributed by atoms with E-state index in [1.165, 1.54) is 10.9 Å². The van der Waals surface area contributed by atoms with Gasteiger partial charge in [-0.2, -0.15) is 9.78 Å². The minimum atomic E-state index is -0.363. The van der Waals surface area contributed by atoms with Crippen molar-refractivity contribution in [2.24, 2.45) is 5.10 Å². The van der Waals surface area contributed by atoms with E-state index in [1.807, 2.05) is 24.3 Å². The minimum absolute atomic E-state index is 0.231. The average molecular weight is 733 g/mol. The van der Waals surface area contributed by atoms with Crippen molar-refractivity contribution in [1.82, 2.24) is 9.66 Å². The van der Waals surface area contributed by atoms with Gasteiger partial charge in [-0.3, -0.25) is 4.79 Å². The number of fused-ring (bicyclic) bond motifs is 2. The smallest absolute Gasteiger partial charge is 0.282 e. The van der Waals surface area contributed by atoms with Crippen LogP contribution in [0.3, 0.4) is 0 Å². The van der Waals surface area contributed by atoms with E-state index in [9.17, 15) is 4.79 Å². The zero-order valence-corrected chi connectivity index (χ0v) is 26.2. The van der Waals surface area contributed by atoms with E-state index < -0.39 is 0 Å². The molecule has 0 aliphatic carbocycles. The molecular weight excluding hydrogens is 717 g/mol. The molecule has 0 bridgehead atoms. The van der Waals surface area contributed by atoms with Gasteiger partial charge >= 0.3 is 0 Å². The van der Waals surface area contributed by atoms with E-state index in [2.05, 4.69) is 37.0 Å². The standard InChI is InChI=1S/C30H16Br2Cl3N3O3/c31-19-6-5-17(22(32)13-19)15-40-28-23(34)9-16(10-24(28)35)14-36-38-29(37-25-4-2-1-3-21(25)30(38)39)27-12-18-11-20(33)7-8-26(18)41-27/h1-14H,15H2. The molecule has 0 N–H and O–H groups in total. The number of aromatic nitrogens is 2. The number of hydrogen-bond donors (Lipinski definition) is 0. The Morgan fingerprint density at radius 3 is 2.51 bits per heavy atom. The maximum absolute atomic E-state index is 13.5. The van der Waals surface area contributed by atoms with Crippen LogP contribution in [-0.4, -0.2) is 15.9 Å². The highest BCUT2D eigenvalue weighted by Gasteiger charge is 2.17. The van der Waals surface area contributed by atoms with Crippen LogP contribution in [0.1, 0.15) is 11.1 Å². The zero-order chi connectivity index (χ0) is 28.7. The van der Waals surface area contributed by atoms with Crippen molar-refractivity contribution in [3.63, 3.8) is 0 Å². The number of furan rings is 1. The first-order chi connectivity index (χ1) is 19.8. The molecule has 0 aliphatic rings. The quantitative estimate of drug-likeness (QED) is 0.160. The molecule has 0 aliphatic heterocycles. The fourth-order valence-electron chi connectivity index (χ4n) is 4.22. The van der Waals surface area contributed by atoms with Crippen LogP contribution in [0, 0.1) is 0 Å². The Morgan fingerprint density at radius 1 is 0.951 bits per heavy atom. The molecule has 0 spiro atoms. The van der Waals surface area contributed by atoms with Crippen LogP contribution in [0.2, 0.25) is 15.1 Å². The highest BCUT2D eigenvalue weighted by Crippen LogP contribution is 2.35. The summed E-state index contributed by atoms with van der Waals surface area (Å²) >= 11 is 26.2. The lowest BCUT2D eigenvalue weighted by atomic mass is 10.2. The van der Waals surface area contributed by atoms with Gasteiger partial charge in [0.15, 0.2) is 11.5 Å². The van der Waals surface area contributed by atoms with Gasteiger partial charge in [0, 0.05) is 24.9 Å². The molecule has 0 radical (unpaired) electrons. The average Bonchev–Trinajstić information content (AvgIpc) is 3.36. The molecule has 0 saturated carbocycles. The Bertz CT molecular complexity index is 2030. The molecule has 11 heteroatoms. The number of rotatable bonds is 6. The first kappa shape index (κ1) is 28.0. The van der Waals surface area contributed by atoms with Gasteiger partial charge in [0.1, 0.15) is 12.2 Å². The summed E-state index contributed by atoms with van der Waals surface area (Å²) in [5.41, 5.74) is 2.24. The summed E-state index contributed by atoms with van der Waals surface area (Å²) in [5.74, 6) is 0.933. The molecular formula is C30H16Br2Cl3N3O3. The van der Waals surface area contributed by atoms with Gasteiger partial charge < -0.3 is 9.15 Å². The lowest BCUT2D eigenvalue weighted by molar-refractivity contribution is 0.306. The Labute approximate surface area is 265 Å². The monoisotopic (exact) mass is 729 g/mol. The van der Waals surface area contributed by atoms with E-state index in [-0.39, 0.29) is 18.0 Å². The summed E-state index contributed by atoms with van der Waals surface area (Å²) in [6, 6.07) is 23.2. The predicted molar refractivity (Wildman–Crippen MR) is 172 cm³/mol. The Morgan fingerprint density at radius 2 is 1.73 bits per heavy atom. The molecule has 0 saturated heterocycles. The second kappa shape index (κ2) is 11.6. The molecule has 4 aromatic carbocycles. The van der Waals surface area contributed by atoms with Crippen LogP contribution in [0.4, 0.5) is 0 Å². The molecule has 0 unspecified atom stereocenters. The maximum atomic E-state index is 13.5. The van der Waals surface area contributed by atoms with Crippen LogP contribution in [0.15, 0.2) is 102 Å². The first-order valence-electron chi connectivity index (χ1n) is 12.1. The highest BCUT2D eigenvalue weighted by molar-refractivity contribution is 9.11. The van der Waals surface area contributed by atoms with Crippen molar-refractivity contribution < 1.29 is 9.15 Å². The van der Waals surface area contributed by atoms with E-state index in [0.717, 1.165) is 19.9 Å². The molecule has 204 valence electrons. The SMILES string of the molecule is O=c1c2ccccc2nc(-c2cc3cc(Cl)ccc3o2)n1N=Cc1cc(Cl)c(OCc2ccc(Br)cc2Br)c(Cl)c1. The molecule has 0 amide bonds. The molecule has 6 nitrogen and oxygen atoms in total. The van der Waals surface area contributed by atoms with Crippen molar-refractivity contribution in [3.8, 4) is 17.3 Å². The van der Waals surface area contributed by atoms with Crippen LogP contribution < -0.4 is 10.3 Å². The fraction of sp³-hybridized carbons (Fsp3) is 0.0333. The lowest BCUT2D eigenvalue weighted by Crippen LogP contribution is -2.20. The van der Waals surface area contributed by atoms with Gasteiger partial charge in [-0.25, -0.2) is 4.98 Å². The van der Waals surface area contributed by atoms with Gasteiger partial charge in [0.2, 0.25) is 5.82 Å². The zero-order valence-electron chi connectivity index (χ0n) is 20.7. The van der Waals surface area contributed by atoms with Crippen LogP contribution in [-0.2, 0) is 6.61 Å². The van der Waals surface area contributed by atoms with E-state index in [1.54, 1.807) is 54.6 Å². The number of nitrogens with zero attached hydrogens (tertiary/aromatic N) is 3. The maximum Gasteiger partial charge on any atom is 0.282 e. The summed E-state index contributed by atoms with van der Waals surface area (Å²) in [4.78, 5) is 18.2. The number of para-hydroxylation sites is 1. The number of hydrogen-bond acceptors (Lipinski definition) is 5. The van der Waals surface area contributed by atoms with Crippen LogP contribution in [0.25, 0.3) is 33.5 Å². The molecule has 6 aromatic rings. The molecule has 0 atom stereocenters. The van der Waals surface area contributed by atoms with Gasteiger partial charge in [-0.1, -0.05) is 84.9 Å². The lowest BCUT2D eigenvalue weighted by Gasteiger charge is -2.12. The number of benzene rings is 4. The third-order valence-electron chi connectivity index (χ3n) is 6.18. The minimum Gasteiger partial charge on any atom is -0.486 e. The van der Waals surface area contributed by atoms with Crippen molar-refractivity contribution in [2.75, 3.05) is 0 Å². The third kappa shape index (κ3) is 5.80. The van der Waals surface area contributed by atoms with Crippen LogP contribution in [0.5, 0.6) is 5.75 Å². The van der Waals surface area contributed by atoms with Gasteiger partial charge in [0.05, 0.1) is 27.2 Å². The topological polar surface area (TPSA) is 69.6 Å². The van der Waals surface area contributed by atoms with E-state index in [4.69, 9.17) is 48.9 Å². The third-order valence-corrected chi connectivity index (χ3v) is 8.21. The second-order valence-corrected chi connectivity index (χ2v) is 12.0. The van der Waals surface area contributed by atoms with E-state index in [0.29, 0.717) is 48.6 Å². The Hall–Kier alpha value is -3.14. The summed E-state index contributed by atoms with van der Waals surface area (Å²) in [7, 11) is 0. The summed E-state index contributed by atoms with van der Waals surface area (Å²) in [6.45, 7) is 0.255. The predicted octanol–water partition coefficient (Wildman–Crippen LogP) is 9.76. The van der Waals surface area contributed by atoms with Crippen molar-refractivity contribution in [3.05, 3.63) is 124 Å². The normalized spacial score (nSPS) is 11.6. The van der Waals surface area contributed by atoms with E-state index >= 15 is 0 Å². The Balaban J connectivity index is 1.37. The van der Waals surface area contributed by atoms with Crippen molar-refractivity contribution in [2.45, 2.75) is 6.61 Å². The van der Waals surface area contributed by atoms with Crippen molar-refractivity contribution in [1.29, 1.82) is 0 Å². The molecule has 2 heterocycles. The largest absolute Gasteiger partial charge is 0.486 e.